The summed E-state index contributed by atoms with van der Waals surface area (Å²) in [5, 5.41) is 17.4. The smallest absolute Gasteiger partial charge is 0.339 e. The molecule has 2 unspecified atom stereocenters. The molecule has 202 valence electrons. The van der Waals surface area contributed by atoms with E-state index in [4.69, 9.17) is 16.3 Å². The van der Waals surface area contributed by atoms with Crippen molar-refractivity contribution in [2.24, 2.45) is 0 Å². The number of carboxylic acids is 1. The van der Waals surface area contributed by atoms with Gasteiger partial charge in [0.1, 0.15) is 24.0 Å². The highest BCUT2D eigenvalue weighted by atomic mass is 35.5. The van der Waals surface area contributed by atoms with E-state index >= 15 is 0 Å². The number of carboxylic acid groups (broad SMARTS) is 1. The molecule has 1 aliphatic heterocycles. The van der Waals surface area contributed by atoms with Crippen molar-refractivity contribution in [1.82, 2.24) is 14.8 Å². The number of ether oxygens (including phenoxy) is 1. The van der Waals surface area contributed by atoms with E-state index in [-0.39, 0.29) is 23.1 Å². The molecule has 0 bridgehead atoms. The molecule has 41 heavy (non-hydrogen) atoms. The van der Waals surface area contributed by atoms with Gasteiger partial charge in [0.25, 0.3) is 0 Å². The highest BCUT2D eigenvalue weighted by Crippen LogP contribution is 2.65. The summed E-state index contributed by atoms with van der Waals surface area (Å²) >= 11 is 6.73. The van der Waals surface area contributed by atoms with E-state index in [2.05, 4.69) is 15.4 Å². The van der Waals surface area contributed by atoms with Crippen LogP contribution >= 0.6 is 11.6 Å². The van der Waals surface area contributed by atoms with Crippen LogP contribution in [0.2, 0.25) is 5.02 Å². The van der Waals surface area contributed by atoms with E-state index in [1.54, 1.807) is 23.1 Å². The standard InChI is InChI=1S/C32H23ClN4O4/c1-41-29-11-8-21(12-24(29)30(38)39)26-15-32(26)25-13-23(27(33)14-28(25)36-31(32)40)20-4-2-18(3-5-20)19-6-9-22(10-7-19)37-17-34-16-35-37/h2-14,16-17,26H,15H2,1H3,(H,36,40)(H,38,39). The number of nitrogens with zero attached hydrogens (tertiary/aromatic N) is 3. The summed E-state index contributed by atoms with van der Waals surface area (Å²) in [7, 11) is 1.44. The topological polar surface area (TPSA) is 106 Å². The summed E-state index contributed by atoms with van der Waals surface area (Å²) in [5.74, 6) is -1.03. The number of benzene rings is 4. The molecule has 1 aliphatic carbocycles. The van der Waals surface area contributed by atoms with Crippen LogP contribution in [0.15, 0.2) is 91.5 Å². The maximum atomic E-state index is 13.3. The molecule has 1 amide bonds. The molecule has 0 radical (unpaired) electrons. The maximum absolute atomic E-state index is 13.3. The zero-order valence-electron chi connectivity index (χ0n) is 21.8. The summed E-state index contributed by atoms with van der Waals surface area (Å²) in [6, 6.07) is 25.1. The number of amides is 1. The summed E-state index contributed by atoms with van der Waals surface area (Å²) in [6.45, 7) is 0. The van der Waals surface area contributed by atoms with E-state index in [1.807, 2.05) is 66.7 Å². The van der Waals surface area contributed by atoms with Gasteiger partial charge in [-0.15, -0.1) is 0 Å². The van der Waals surface area contributed by atoms with Gasteiger partial charge in [-0.3, -0.25) is 4.79 Å². The lowest BCUT2D eigenvalue weighted by molar-refractivity contribution is -0.118. The Labute approximate surface area is 240 Å². The lowest BCUT2D eigenvalue weighted by Gasteiger charge is -2.14. The molecule has 2 N–H and O–H groups in total. The number of nitrogens with one attached hydrogen (secondary N) is 1. The third-order valence-corrected chi connectivity index (χ3v) is 8.45. The third-order valence-electron chi connectivity index (χ3n) is 8.14. The molecule has 1 spiro atoms. The zero-order chi connectivity index (χ0) is 28.3. The molecule has 1 fully saturated rings. The van der Waals surface area contributed by atoms with Gasteiger partial charge in [-0.05, 0) is 70.6 Å². The van der Waals surface area contributed by atoms with Crippen LogP contribution in [0.3, 0.4) is 0 Å². The SMILES string of the molecule is COc1ccc(C2CC23C(=O)Nc2cc(Cl)c(-c4ccc(-c5ccc(-n6cncn6)cc5)cc4)cc23)cc1C(=O)O. The number of aromatic carboxylic acids is 1. The van der Waals surface area contributed by atoms with Crippen LogP contribution in [0, 0.1) is 0 Å². The highest BCUT2D eigenvalue weighted by molar-refractivity contribution is 6.34. The van der Waals surface area contributed by atoms with Crippen molar-refractivity contribution in [2.45, 2.75) is 17.8 Å². The Morgan fingerprint density at radius 2 is 1.73 bits per heavy atom. The number of anilines is 1. The van der Waals surface area contributed by atoms with E-state index in [9.17, 15) is 14.7 Å². The Hall–Kier alpha value is -4.95. The maximum Gasteiger partial charge on any atom is 0.339 e. The molecule has 4 aromatic carbocycles. The Morgan fingerprint density at radius 1 is 1.02 bits per heavy atom. The minimum atomic E-state index is -1.07. The van der Waals surface area contributed by atoms with Crippen LogP contribution < -0.4 is 10.1 Å². The molecule has 8 nitrogen and oxygen atoms in total. The van der Waals surface area contributed by atoms with E-state index in [0.717, 1.165) is 39.1 Å². The largest absolute Gasteiger partial charge is 0.496 e. The predicted octanol–water partition coefficient (Wildman–Crippen LogP) is 6.34. The van der Waals surface area contributed by atoms with Crippen molar-refractivity contribution >= 4 is 29.2 Å². The van der Waals surface area contributed by atoms with Crippen LogP contribution in [0.25, 0.3) is 27.9 Å². The molecule has 2 atom stereocenters. The number of carbonyl (C=O) groups is 2. The van der Waals surface area contributed by atoms with Gasteiger partial charge in [0.15, 0.2) is 0 Å². The molecule has 2 aliphatic rings. The van der Waals surface area contributed by atoms with Crippen LogP contribution in [0.5, 0.6) is 5.75 Å². The van der Waals surface area contributed by atoms with Gasteiger partial charge in [0.05, 0.1) is 23.2 Å². The number of carbonyl (C=O) groups excluding carboxylic acids is 1. The van der Waals surface area contributed by atoms with Crippen LogP contribution in [0.1, 0.15) is 33.8 Å². The van der Waals surface area contributed by atoms with Crippen molar-refractivity contribution in [1.29, 1.82) is 0 Å². The summed E-state index contributed by atoms with van der Waals surface area (Å²) < 4.78 is 6.92. The summed E-state index contributed by atoms with van der Waals surface area (Å²) in [5.41, 5.74) is 6.51. The first-order valence-electron chi connectivity index (χ1n) is 13.0. The van der Waals surface area contributed by atoms with Crippen LogP contribution in [0.4, 0.5) is 5.69 Å². The average Bonchev–Trinajstić information content (AvgIpc) is 3.38. The fourth-order valence-corrected chi connectivity index (χ4v) is 6.21. The number of rotatable bonds is 6. The molecule has 1 saturated carbocycles. The predicted molar refractivity (Wildman–Crippen MR) is 155 cm³/mol. The second kappa shape index (κ2) is 9.31. The Kier molecular flexibility index (Phi) is 5.69. The Bertz CT molecular complexity index is 1840. The number of methoxy groups -OCH3 is 1. The molecule has 7 rings (SSSR count). The second-order valence-corrected chi connectivity index (χ2v) is 10.7. The number of hydrogen-bond donors (Lipinski definition) is 2. The molecular weight excluding hydrogens is 540 g/mol. The Morgan fingerprint density at radius 3 is 2.39 bits per heavy atom. The molecule has 9 heteroatoms. The zero-order valence-corrected chi connectivity index (χ0v) is 22.6. The van der Waals surface area contributed by atoms with Gasteiger partial charge >= 0.3 is 5.97 Å². The quantitative estimate of drug-likeness (QED) is 0.250. The number of halogens is 1. The lowest BCUT2D eigenvalue weighted by atomic mass is 9.89. The van der Waals surface area contributed by atoms with Gasteiger partial charge in [-0.2, -0.15) is 5.10 Å². The van der Waals surface area contributed by atoms with Crippen molar-refractivity contribution in [2.75, 3.05) is 12.4 Å². The number of hydrogen-bond acceptors (Lipinski definition) is 5. The summed E-state index contributed by atoms with van der Waals surface area (Å²) in [4.78, 5) is 29.1. The highest BCUT2D eigenvalue weighted by Gasteiger charge is 2.65. The van der Waals surface area contributed by atoms with Crippen LogP contribution in [-0.2, 0) is 10.2 Å². The molecule has 5 aromatic rings. The second-order valence-electron chi connectivity index (χ2n) is 10.3. The van der Waals surface area contributed by atoms with Crippen LogP contribution in [-0.4, -0.2) is 38.9 Å². The normalized spacial score (nSPS) is 18.7. The van der Waals surface area contributed by atoms with Crippen molar-refractivity contribution in [3.05, 3.63) is 113 Å². The molecular formula is C32H23ClN4O4. The number of fused-ring (bicyclic) bond motifs is 2. The Balaban J connectivity index is 1.20. The van der Waals surface area contributed by atoms with E-state index in [0.29, 0.717) is 17.1 Å². The summed E-state index contributed by atoms with van der Waals surface area (Å²) in [6.07, 6.45) is 3.75. The monoisotopic (exact) mass is 562 g/mol. The van der Waals surface area contributed by atoms with Gasteiger partial charge < -0.3 is 15.2 Å². The van der Waals surface area contributed by atoms with Gasteiger partial charge in [0.2, 0.25) is 5.91 Å². The van der Waals surface area contributed by atoms with Gasteiger partial charge in [-0.1, -0.05) is 54.1 Å². The molecule has 0 saturated heterocycles. The van der Waals surface area contributed by atoms with Gasteiger partial charge in [0, 0.05) is 17.2 Å². The first kappa shape index (κ1) is 25.0. The molecule has 1 aromatic heterocycles. The minimum Gasteiger partial charge on any atom is -0.496 e. The molecule has 2 heterocycles. The minimum absolute atomic E-state index is 0.0793. The first-order chi connectivity index (χ1) is 19.9. The van der Waals surface area contributed by atoms with Crippen molar-refractivity contribution < 1.29 is 19.4 Å². The van der Waals surface area contributed by atoms with E-state index in [1.165, 1.54) is 13.4 Å². The lowest BCUT2D eigenvalue weighted by Crippen LogP contribution is -2.21. The third kappa shape index (κ3) is 3.98. The van der Waals surface area contributed by atoms with Crippen molar-refractivity contribution in [3.8, 4) is 33.7 Å². The van der Waals surface area contributed by atoms with Crippen molar-refractivity contribution in [3.63, 3.8) is 0 Å². The fourth-order valence-electron chi connectivity index (χ4n) is 5.94. The van der Waals surface area contributed by atoms with E-state index < -0.39 is 11.4 Å². The fraction of sp³-hybridized carbons (Fsp3) is 0.125. The number of aromatic nitrogens is 3. The first-order valence-corrected chi connectivity index (χ1v) is 13.4. The van der Waals surface area contributed by atoms with Gasteiger partial charge in [-0.25, -0.2) is 14.5 Å². The average molecular weight is 563 g/mol.